The van der Waals surface area contributed by atoms with E-state index in [1.54, 1.807) is 17.4 Å². The van der Waals surface area contributed by atoms with Crippen molar-refractivity contribution in [2.45, 2.75) is 32.7 Å². The van der Waals surface area contributed by atoms with E-state index in [0.717, 1.165) is 41.3 Å². The van der Waals surface area contributed by atoms with Crippen LogP contribution >= 0.6 is 22.9 Å². The Bertz CT molecular complexity index is 585. The minimum atomic E-state index is -0.151. The zero-order valence-electron chi connectivity index (χ0n) is 12.4. The summed E-state index contributed by atoms with van der Waals surface area (Å²) in [7, 11) is 0. The monoisotopic (exact) mass is 326 g/mol. The standard InChI is InChI=1S/C16H20ClFN2S/c1-3-7-20(4-2)10-13-8-12(5-6-15(13)18)16-19-14(9-17)11-21-16/h5-6,8,11H,3-4,7,9-10H2,1-2H3. The topological polar surface area (TPSA) is 16.1 Å². The Kier molecular flexibility index (Phi) is 6.15. The Morgan fingerprint density at radius 1 is 1.33 bits per heavy atom. The van der Waals surface area contributed by atoms with Crippen molar-refractivity contribution in [1.82, 2.24) is 9.88 Å². The second-order valence-corrected chi connectivity index (χ2v) is 6.08. The largest absolute Gasteiger partial charge is 0.299 e. The average molecular weight is 327 g/mol. The molecule has 0 spiro atoms. The molecular weight excluding hydrogens is 307 g/mol. The highest BCUT2D eigenvalue weighted by Crippen LogP contribution is 2.26. The first kappa shape index (κ1) is 16.4. The van der Waals surface area contributed by atoms with Crippen LogP contribution in [0.2, 0.25) is 0 Å². The van der Waals surface area contributed by atoms with Crippen LogP contribution < -0.4 is 0 Å². The summed E-state index contributed by atoms with van der Waals surface area (Å²) in [6.07, 6.45) is 1.07. The maximum atomic E-state index is 14.0. The van der Waals surface area contributed by atoms with Gasteiger partial charge in [-0.05, 0) is 37.7 Å². The lowest BCUT2D eigenvalue weighted by Gasteiger charge is -2.20. The van der Waals surface area contributed by atoms with Gasteiger partial charge in [-0.25, -0.2) is 9.37 Å². The summed E-state index contributed by atoms with van der Waals surface area (Å²) in [5.41, 5.74) is 2.55. The summed E-state index contributed by atoms with van der Waals surface area (Å²) in [5, 5.41) is 2.84. The number of rotatable bonds is 7. The van der Waals surface area contributed by atoms with Crippen molar-refractivity contribution >= 4 is 22.9 Å². The van der Waals surface area contributed by atoms with Gasteiger partial charge < -0.3 is 0 Å². The van der Waals surface area contributed by atoms with E-state index in [0.29, 0.717) is 12.4 Å². The minimum Gasteiger partial charge on any atom is -0.299 e. The van der Waals surface area contributed by atoms with Crippen molar-refractivity contribution in [2.75, 3.05) is 13.1 Å². The molecule has 0 N–H and O–H groups in total. The zero-order chi connectivity index (χ0) is 15.2. The molecule has 0 saturated carbocycles. The summed E-state index contributed by atoms with van der Waals surface area (Å²) in [6.45, 7) is 6.78. The molecule has 0 saturated heterocycles. The van der Waals surface area contributed by atoms with Crippen molar-refractivity contribution in [2.24, 2.45) is 0 Å². The van der Waals surface area contributed by atoms with Crippen LogP contribution in [0, 0.1) is 5.82 Å². The van der Waals surface area contributed by atoms with E-state index in [1.807, 2.05) is 11.4 Å². The van der Waals surface area contributed by atoms with Crippen molar-refractivity contribution < 1.29 is 4.39 Å². The van der Waals surface area contributed by atoms with Gasteiger partial charge in [-0.3, -0.25) is 4.90 Å². The lowest BCUT2D eigenvalue weighted by molar-refractivity contribution is 0.276. The Hall–Kier alpha value is -0.970. The van der Waals surface area contributed by atoms with Crippen molar-refractivity contribution in [3.05, 3.63) is 40.7 Å². The fraction of sp³-hybridized carbons (Fsp3) is 0.438. The van der Waals surface area contributed by atoms with Gasteiger partial charge >= 0.3 is 0 Å². The second kappa shape index (κ2) is 7.87. The Morgan fingerprint density at radius 2 is 2.14 bits per heavy atom. The normalized spacial score (nSPS) is 11.3. The SMILES string of the molecule is CCCN(CC)Cc1cc(-c2nc(CCl)cs2)ccc1F. The first-order chi connectivity index (χ1) is 10.2. The van der Waals surface area contributed by atoms with Crippen LogP contribution in [0.15, 0.2) is 23.6 Å². The third-order valence-corrected chi connectivity index (χ3v) is 4.58. The van der Waals surface area contributed by atoms with E-state index in [4.69, 9.17) is 11.6 Å². The maximum absolute atomic E-state index is 14.0. The predicted octanol–water partition coefficient (Wildman–Crippen LogP) is 4.92. The molecule has 1 heterocycles. The summed E-state index contributed by atoms with van der Waals surface area (Å²) >= 11 is 7.33. The molecule has 21 heavy (non-hydrogen) atoms. The quantitative estimate of drug-likeness (QED) is 0.671. The molecule has 0 aliphatic heterocycles. The van der Waals surface area contributed by atoms with Crippen LogP contribution in [-0.2, 0) is 12.4 Å². The molecule has 0 fully saturated rings. The first-order valence-electron chi connectivity index (χ1n) is 7.19. The fourth-order valence-electron chi connectivity index (χ4n) is 2.24. The average Bonchev–Trinajstić information content (AvgIpc) is 2.97. The molecule has 0 amide bonds. The van der Waals surface area contributed by atoms with Gasteiger partial charge in [0.05, 0.1) is 11.6 Å². The number of hydrogen-bond acceptors (Lipinski definition) is 3. The molecule has 0 bridgehead atoms. The summed E-state index contributed by atoms with van der Waals surface area (Å²) in [5.74, 6) is 0.257. The molecule has 2 aromatic rings. The molecule has 2 rings (SSSR count). The smallest absolute Gasteiger partial charge is 0.127 e. The van der Waals surface area contributed by atoms with E-state index >= 15 is 0 Å². The van der Waals surface area contributed by atoms with Crippen molar-refractivity contribution in [3.63, 3.8) is 0 Å². The third-order valence-electron chi connectivity index (χ3n) is 3.36. The number of halogens is 2. The molecule has 1 aromatic carbocycles. The molecule has 0 unspecified atom stereocenters. The maximum Gasteiger partial charge on any atom is 0.127 e. The van der Waals surface area contributed by atoms with E-state index in [1.165, 1.54) is 6.07 Å². The number of aromatic nitrogens is 1. The minimum absolute atomic E-state index is 0.151. The fourth-order valence-corrected chi connectivity index (χ4v) is 3.28. The zero-order valence-corrected chi connectivity index (χ0v) is 14.0. The summed E-state index contributed by atoms with van der Waals surface area (Å²) in [6, 6.07) is 5.22. The number of alkyl halides is 1. The van der Waals surface area contributed by atoms with Crippen LogP contribution in [0.5, 0.6) is 0 Å². The molecule has 114 valence electrons. The number of hydrogen-bond donors (Lipinski definition) is 0. The molecule has 0 aliphatic rings. The van der Waals surface area contributed by atoms with Crippen molar-refractivity contribution in [3.8, 4) is 10.6 Å². The number of nitrogens with zero attached hydrogens (tertiary/aromatic N) is 2. The molecule has 1 aromatic heterocycles. The molecule has 0 aliphatic carbocycles. The molecule has 0 radical (unpaired) electrons. The molecule has 0 atom stereocenters. The second-order valence-electron chi connectivity index (χ2n) is 4.95. The lowest BCUT2D eigenvalue weighted by Crippen LogP contribution is -2.24. The van der Waals surface area contributed by atoms with Crippen LogP contribution in [-0.4, -0.2) is 23.0 Å². The van der Waals surface area contributed by atoms with Gasteiger partial charge in [0.2, 0.25) is 0 Å². The van der Waals surface area contributed by atoms with Crippen LogP contribution in [0.25, 0.3) is 10.6 Å². The van der Waals surface area contributed by atoms with E-state index in [2.05, 4.69) is 23.7 Å². The van der Waals surface area contributed by atoms with Crippen LogP contribution in [0.4, 0.5) is 4.39 Å². The van der Waals surface area contributed by atoms with Gasteiger partial charge in [-0.15, -0.1) is 22.9 Å². The van der Waals surface area contributed by atoms with Gasteiger partial charge in [-0.1, -0.05) is 13.8 Å². The van der Waals surface area contributed by atoms with E-state index in [9.17, 15) is 4.39 Å². The predicted molar refractivity (Wildman–Crippen MR) is 88.3 cm³/mol. The van der Waals surface area contributed by atoms with Gasteiger partial charge in [0.25, 0.3) is 0 Å². The first-order valence-corrected chi connectivity index (χ1v) is 8.60. The van der Waals surface area contributed by atoms with Crippen LogP contribution in [0.3, 0.4) is 0 Å². The summed E-state index contributed by atoms with van der Waals surface area (Å²) < 4.78 is 14.0. The highest BCUT2D eigenvalue weighted by Gasteiger charge is 2.11. The van der Waals surface area contributed by atoms with Crippen LogP contribution in [0.1, 0.15) is 31.5 Å². The van der Waals surface area contributed by atoms with E-state index < -0.39 is 0 Å². The Balaban J connectivity index is 2.24. The van der Waals surface area contributed by atoms with Gasteiger partial charge in [-0.2, -0.15) is 0 Å². The number of thiazole rings is 1. The molecule has 2 nitrogen and oxygen atoms in total. The van der Waals surface area contributed by atoms with Gasteiger partial charge in [0, 0.05) is 23.1 Å². The molecular formula is C16H20ClFN2S. The van der Waals surface area contributed by atoms with E-state index in [-0.39, 0.29) is 5.82 Å². The lowest BCUT2D eigenvalue weighted by atomic mass is 10.1. The van der Waals surface area contributed by atoms with Crippen molar-refractivity contribution in [1.29, 1.82) is 0 Å². The third kappa shape index (κ3) is 4.25. The molecule has 5 heteroatoms. The van der Waals surface area contributed by atoms with Gasteiger partial charge in [0.1, 0.15) is 10.8 Å². The number of benzene rings is 1. The summed E-state index contributed by atoms with van der Waals surface area (Å²) in [4.78, 5) is 6.70. The Morgan fingerprint density at radius 3 is 2.76 bits per heavy atom. The van der Waals surface area contributed by atoms with Gasteiger partial charge in [0.15, 0.2) is 0 Å². The Labute approximate surface area is 134 Å². The highest BCUT2D eigenvalue weighted by atomic mass is 35.5. The highest BCUT2D eigenvalue weighted by molar-refractivity contribution is 7.13.